The van der Waals surface area contributed by atoms with Crippen molar-refractivity contribution in [3.8, 4) is 0 Å². The van der Waals surface area contributed by atoms with Gasteiger partial charge in [-0.25, -0.2) is 22.4 Å². The highest BCUT2D eigenvalue weighted by atomic mass is 19.2. The molecule has 1 aromatic carbocycles. The zero-order valence-electron chi connectivity index (χ0n) is 10.9. The van der Waals surface area contributed by atoms with Gasteiger partial charge >= 0.3 is 5.97 Å². The van der Waals surface area contributed by atoms with E-state index >= 15 is 0 Å². The summed E-state index contributed by atoms with van der Waals surface area (Å²) in [6.07, 6.45) is -1.04. The minimum absolute atomic E-state index is 0.820. The molecule has 0 bridgehead atoms. The Kier molecular flexibility index (Phi) is 5.30. The monoisotopic (exact) mass is 320 g/mol. The molecule has 0 heterocycles. The number of azide groups is 1. The zero-order chi connectivity index (χ0) is 17.0. The van der Waals surface area contributed by atoms with Gasteiger partial charge in [0.1, 0.15) is 11.7 Å². The summed E-state index contributed by atoms with van der Waals surface area (Å²) in [5.74, 6) is -10.2. The van der Waals surface area contributed by atoms with Gasteiger partial charge in [0.05, 0.1) is 0 Å². The Labute approximate surface area is 120 Å². The largest absolute Gasteiger partial charge is 0.480 e. The molecule has 22 heavy (non-hydrogen) atoms. The zero-order valence-corrected chi connectivity index (χ0v) is 10.9. The molecular weight excluding hydrogens is 312 g/mol. The molecule has 0 aromatic heterocycles. The summed E-state index contributed by atoms with van der Waals surface area (Å²) in [5, 5.41) is 13.2. The van der Waals surface area contributed by atoms with Crippen molar-refractivity contribution < 1.29 is 32.3 Å². The molecule has 1 aromatic rings. The quantitative estimate of drug-likeness (QED) is 0.285. The van der Waals surface area contributed by atoms with Crippen molar-refractivity contribution >= 4 is 17.6 Å². The maximum absolute atomic E-state index is 13.7. The summed E-state index contributed by atoms with van der Waals surface area (Å²) < 4.78 is 54.5. The van der Waals surface area contributed by atoms with E-state index in [0.717, 1.165) is 6.92 Å². The fraction of sp³-hybridized carbons (Fsp3) is 0.273. The van der Waals surface area contributed by atoms with Gasteiger partial charge in [0.15, 0.2) is 23.3 Å². The standard InChI is InChI=1S/C11H8F4N4O3/c1-3(20)17-5(11(21)22)2-4-6(12)8(14)10(18-19-16)9(15)7(4)13/h5H,2H2,1H3,(H,17,20)(H,21,22)/t5-/m0/s1. The van der Waals surface area contributed by atoms with Crippen molar-refractivity contribution in [3.05, 3.63) is 39.3 Å². The number of nitrogens with one attached hydrogen (secondary N) is 1. The summed E-state index contributed by atoms with van der Waals surface area (Å²) >= 11 is 0. The SMILES string of the molecule is CC(=O)N[C@@H](Cc1c(F)c(F)c(N=[N+]=[N-])c(F)c1F)C(=O)O. The first-order valence-corrected chi connectivity index (χ1v) is 5.60. The van der Waals surface area contributed by atoms with E-state index in [4.69, 9.17) is 10.6 Å². The Hall–Kier alpha value is -2.81. The van der Waals surface area contributed by atoms with Crippen molar-refractivity contribution in [2.45, 2.75) is 19.4 Å². The van der Waals surface area contributed by atoms with E-state index in [9.17, 15) is 27.2 Å². The van der Waals surface area contributed by atoms with Crippen LogP contribution in [0.25, 0.3) is 10.4 Å². The minimum Gasteiger partial charge on any atom is -0.480 e. The molecule has 0 unspecified atom stereocenters. The smallest absolute Gasteiger partial charge is 0.326 e. The van der Waals surface area contributed by atoms with E-state index in [-0.39, 0.29) is 0 Å². The lowest BCUT2D eigenvalue weighted by atomic mass is 10.0. The van der Waals surface area contributed by atoms with Crippen LogP contribution in [-0.2, 0) is 16.0 Å². The number of hydrogen-bond donors (Lipinski definition) is 2. The van der Waals surface area contributed by atoms with Gasteiger partial charge in [-0.1, -0.05) is 5.11 Å². The molecule has 11 heteroatoms. The maximum atomic E-state index is 13.7. The predicted octanol–water partition coefficient (Wildman–Crippen LogP) is 2.32. The molecule has 0 fully saturated rings. The van der Waals surface area contributed by atoms with Crippen molar-refractivity contribution in [2.24, 2.45) is 5.11 Å². The van der Waals surface area contributed by atoms with Crippen molar-refractivity contribution in [1.82, 2.24) is 5.32 Å². The molecule has 1 atom stereocenters. The highest BCUT2D eigenvalue weighted by Gasteiger charge is 2.29. The fourth-order valence-corrected chi connectivity index (χ4v) is 1.63. The first kappa shape index (κ1) is 17.2. The Morgan fingerprint density at radius 3 is 2.09 bits per heavy atom. The summed E-state index contributed by atoms with van der Waals surface area (Å²) in [6, 6.07) is -1.80. The Morgan fingerprint density at radius 2 is 1.73 bits per heavy atom. The molecule has 2 N–H and O–H groups in total. The molecule has 0 aliphatic rings. The van der Waals surface area contributed by atoms with Crippen LogP contribution in [0.5, 0.6) is 0 Å². The van der Waals surface area contributed by atoms with Crippen LogP contribution in [0.15, 0.2) is 5.11 Å². The molecule has 0 spiro atoms. The lowest BCUT2D eigenvalue weighted by Gasteiger charge is -2.15. The Bertz CT molecular complexity index is 659. The maximum Gasteiger partial charge on any atom is 0.326 e. The number of carbonyl (C=O) groups excluding carboxylic acids is 1. The molecule has 7 nitrogen and oxygen atoms in total. The number of rotatable bonds is 5. The van der Waals surface area contributed by atoms with Gasteiger partial charge in [-0.15, -0.1) is 0 Å². The second-order valence-electron chi connectivity index (χ2n) is 4.07. The first-order chi connectivity index (χ1) is 10.2. The van der Waals surface area contributed by atoms with Gasteiger partial charge in [-0.2, -0.15) is 0 Å². The first-order valence-electron chi connectivity index (χ1n) is 5.60. The van der Waals surface area contributed by atoms with Gasteiger partial charge in [-0.05, 0) is 5.53 Å². The van der Waals surface area contributed by atoms with Crippen LogP contribution < -0.4 is 5.32 Å². The van der Waals surface area contributed by atoms with Gasteiger partial charge in [0.25, 0.3) is 0 Å². The average Bonchev–Trinajstić information content (AvgIpc) is 2.44. The normalized spacial score (nSPS) is 11.5. The van der Waals surface area contributed by atoms with Crippen LogP contribution in [-0.4, -0.2) is 23.0 Å². The number of carbonyl (C=O) groups is 2. The molecule has 0 saturated heterocycles. The van der Waals surface area contributed by atoms with Crippen LogP contribution in [0.4, 0.5) is 23.2 Å². The number of amides is 1. The third kappa shape index (κ3) is 3.44. The summed E-state index contributed by atoms with van der Waals surface area (Å²) in [5.41, 5.74) is 5.36. The average molecular weight is 320 g/mol. The number of benzene rings is 1. The summed E-state index contributed by atoms with van der Waals surface area (Å²) in [6.45, 7) is 0.953. The van der Waals surface area contributed by atoms with Crippen molar-refractivity contribution in [1.29, 1.82) is 0 Å². The highest BCUT2D eigenvalue weighted by Crippen LogP contribution is 2.31. The van der Waals surface area contributed by atoms with Crippen LogP contribution in [0.1, 0.15) is 12.5 Å². The second kappa shape index (κ2) is 6.76. The molecule has 1 rings (SSSR count). The number of nitrogens with zero attached hydrogens (tertiary/aromatic N) is 3. The van der Waals surface area contributed by atoms with E-state index in [1.54, 1.807) is 0 Å². The lowest BCUT2D eigenvalue weighted by Crippen LogP contribution is -2.41. The second-order valence-corrected chi connectivity index (χ2v) is 4.07. The third-order valence-corrected chi connectivity index (χ3v) is 2.56. The van der Waals surface area contributed by atoms with Gasteiger partial charge in [-0.3, -0.25) is 4.79 Å². The molecule has 0 radical (unpaired) electrons. The molecule has 1 amide bonds. The molecule has 0 aliphatic heterocycles. The van der Waals surface area contributed by atoms with E-state index in [1.807, 2.05) is 10.2 Å². The third-order valence-electron chi connectivity index (χ3n) is 2.56. The lowest BCUT2D eigenvalue weighted by molar-refractivity contribution is -0.141. The van der Waals surface area contributed by atoms with Crippen LogP contribution in [0.3, 0.4) is 0 Å². The number of aliphatic carboxylic acids is 1. The Balaban J connectivity index is 3.39. The molecule has 118 valence electrons. The van der Waals surface area contributed by atoms with Crippen LogP contribution in [0, 0.1) is 23.3 Å². The Morgan fingerprint density at radius 1 is 1.23 bits per heavy atom. The number of hydrogen-bond acceptors (Lipinski definition) is 3. The van der Waals surface area contributed by atoms with E-state index in [2.05, 4.69) is 5.11 Å². The summed E-state index contributed by atoms with van der Waals surface area (Å²) in [4.78, 5) is 23.7. The summed E-state index contributed by atoms with van der Waals surface area (Å²) in [7, 11) is 0. The number of carboxylic acid groups (broad SMARTS) is 1. The van der Waals surface area contributed by atoms with E-state index < -0.39 is 58.9 Å². The topological polar surface area (TPSA) is 115 Å². The number of halogens is 4. The minimum atomic E-state index is -1.96. The predicted molar refractivity (Wildman–Crippen MR) is 64.0 cm³/mol. The van der Waals surface area contributed by atoms with Crippen molar-refractivity contribution in [2.75, 3.05) is 0 Å². The highest BCUT2D eigenvalue weighted by molar-refractivity contribution is 5.82. The number of carboxylic acids is 1. The fourth-order valence-electron chi connectivity index (χ4n) is 1.63. The van der Waals surface area contributed by atoms with Gasteiger partial charge in [0.2, 0.25) is 5.91 Å². The molecular formula is C11H8F4N4O3. The molecule has 0 saturated carbocycles. The van der Waals surface area contributed by atoms with Crippen molar-refractivity contribution in [3.63, 3.8) is 0 Å². The van der Waals surface area contributed by atoms with Gasteiger partial charge < -0.3 is 10.4 Å². The van der Waals surface area contributed by atoms with E-state index in [0.29, 0.717) is 0 Å². The van der Waals surface area contributed by atoms with Gasteiger partial charge in [0, 0.05) is 23.8 Å². The van der Waals surface area contributed by atoms with Crippen LogP contribution in [0.2, 0.25) is 0 Å². The molecule has 0 aliphatic carbocycles. The van der Waals surface area contributed by atoms with E-state index in [1.165, 1.54) is 0 Å². The van der Waals surface area contributed by atoms with Crippen LogP contribution >= 0.6 is 0 Å².